The molecule has 0 aliphatic rings. The third-order valence-corrected chi connectivity index (χ3v) is 1.89. The molecule has 0 aliphatic carbocycles. The van der Waals surface area contributed by atoms with Gasteiger partial charge in [-0.3, -0.25) is 10.6 Å². The molecule has 0 bridgehead atoms. The Bertz CT molecular complexity index is 99.8. The molecular weight excluding hydrogens is 168 g/mol. The first-order valence-electron chi connectivity index (χ1n) is 5.03. The fourth-order valence-corrected chi connectivity index (χ4v) is 0.914. The van der Waals surface area contributed by atoms with Gasteiger partial charge in [-0.05, 0) is 32.4 Å². The molecule has 0 rings (SSSR count). The molecule has 0 aromatic rings. The van der Waals surface area contributed by atoms with Crippen LogP contribution < -0.4 is 10.6 Å². The van der Waals surface area contributed by atoms with E-state index >= 15 is 0 Å². The molecule has 4 N–H and O–H groups in total. The van der Waals surface area contributed by atoms with Gasteiger partial charge in [0.2, 0.25) is 0 Å². The van der Waals surface area contributed by atoms with Crippen LogP contribution in [-0.4, -0.2) is 35.8 Å². The van der Waals surface area contributed by atoms with Crippen molar-refractivity contribution in [3.63, 3.8) is 0 Å². The zero-order valence-electron chi connectivity index (χ0n) is 8.58. The predicted octanol–water partition coefficient (Wildman–Crippen LogP) is 0.0125. The van der Waals surface area contributed by atoms with Crippen LogP contribution in [0.3, 0.4) is 0 Å². The van der Waals surface area contributed by atoms with Gasteiger partial charge in [-0.15, -0.1) is 0 Å². The van der Waals surface area contributed by atoms with Crippen molar-refractivity contribution in [3.8, 4) is 0 Å². The molecule has 4 nitrogen and oxygen atoms in total. The van der Waals surface area contributed by atoms with Crippen LogP contribution in [-0.2, 0) is 0 Å². The van der Waals surface area contributed by atoms with Crippen molar-refractivity contribution < 1.29 is 10.2 Å². The Morgan fingerprint density at radius 3 is 1.62 bits per heavy atom. The quantitative estimate of drug-likeness (QED) is 0.322. The van der Waals surface area contributed by atoms with Gasteiger partial charge >= 0.3 is 0 Å². The molecule has 0 aromatic carbocycles. The molecule has 0 spiro atoms. The maximum atomic E-state index is 9.13. The average molecular weight is 190 g/mol. The summed E-state index contributed by atoms with van der Waals surface area (Å²) in [5, 5.41) is 24.2. The predicted molar refractivity (Wildman–Crippen MR) is 53.2 cm³/mol. The fraction of sp³-hybridized carbons (Fsp3) is 1.00. The summed E-state index contributed by atoms with van der Waals surface area (Å²) in [7, 11) is 0. The topological polar surface area (TPSA) is 64.5 Å². The Morgan fingerprint density at radius 1 is 0.923 bits per heavy atom. The zero-order valence-corrected chi connectivity index (χ0v) is 8.58. The van der Waals surface area contributed by atoms with Crippen LogP contribution in [0, 0.1) is 0 Å². The number of aliphatic hydroxyl groups is 2. The Morgan fingerprint density at radius 2 is 1.31 bits per heavy atom. The highest BCUT2D eigenvalue weighted by atomic mass is 16.3. The largest absolute Gasteiger partial charge is 0.379 e. The molecule has 0 saturated carbocycles. The molecule has 0 saturated heterocycles. The lowest BCUT2D eigenvalue weighted by molar-refractivity contribution is 0.124. The SMILES string of the molecule is CCC(O)NCCCNC(O)CC. The van der Waals surface area contributed by atoms with Crippen molar-refractivity contribution in [2.45, 2.75) is 45.6 Å². The first-order chi connectivity index (χ1) is 6.20. The molecule has 80 valence electrons. The van der Waals surface area contributed by atoms with Crippen molar-refractivity contribution in [2.24, 2.45) is 0 Å². The molecule has 0 aliphatic heterocycles. The van der Waals surface area contributed by atoms with Crippen LogP contribution in [0.15, 0.2) is 0 Å². The second kappa shape index (κ2) is 8.44. The highest BCUT2D eigenvalue weighted by molar-refractivity contribution is 4.55. The summed E-state index contributed by atoms with van der Waals surface area (Å²) in [5.74, 6) is 0. The number of aliphatic hydroxyl groups excluding tert-OH is 2. The lowest BCUT2D eigenvalue weighted by Gasteiger charge is -2.12. The maximum absolute atomic E-state index is 9.13. The molecular formula is C9H22N2O2. The van der Waals surface area contributed by atoms with Crippen molar-refractivity contribution in [1.82, 2.24) is 10.6 Å². The highest BCUT2D eigenvalue weighted by Crippen LogP contribution is 1.86. The molecule has 0 amide bonds. The third kappa shape index (κ3) is 8.18. The molecule has 2 atom stereocenters. The fourth-order valence-electron chi connectivity index (χ4n) is 0.914. The first-order valence-corrected chi connectivity index (χ1v) is 5.03. The van der Waals surface area contributed by atoms with Gasteiger partial charge in [0.25, 0.3) is 0 Å². The summed E-state index contributed by atoms with van der Waals surface area (Å²) in [6.45, 7) is 5.41. The number of hydrogen-bond donors (Lipinski definition) is 4. The van der Waals surface area contributed by atoms with Gasteiger partial charge in [-0.25, -0.2) is 0 Å². The monoisotopic (exact) mass is 190 g/mol. The number of hydrogen-bond acceptors (Lipinski definition) is 4. The minimum Gasteiger partial charge on any atom is -0.379 e. The van der Waals surface area contributed by atoms with Crippen LogP contribution in [0.5, 0.6) is 0 Å². The summed E-state index contributed by atoms with van der Waals surface area (Å²) in [4.78, 5) is 0. The molecule has 0 heterocycles. The van der Waals surface area contributed by atoms with Crippen molar-refractivity contribution in [2.75, 3.05) is 13.1 Å². The summed E-state index contributed by atoms with van der Waals surface area (Å²) in [6.07, 6.45) is 1.58. The smallest absolute Gasteiger partial charge is 0.104 e. The Balaban J connectivity index is 3.08. The van der Waals surface area contributed by atoms with Crippen LogP contribution >= 0.6 is 0 Å². The van der Waals surface area contributed by atoms with Crippen LogP contribution in [0.4, 0.5) is 0 Å². The van der Waals surface area contributed by atoms with E-state index in [0.717, 1.165) is 32.4 Å². The highest BCUT2D eigenvalue weighted by Gasteiger charge is 1.99. The second-order valence-electron chi connectivity index (χ2n) is 3.11. The minimum atomic E-state index is -0.393. The van der Waals surface area contributed by atoms with E-state index in [1.54, 1.807) is 0 Å². The summed E-state index contributed by atoms with van der Waals surface area (Å²) < 4.78 is 0. The average Bonchev–Trinajstić information content (AvgIpc) is 2.16. The van der Waals surface area contributed by atoms with Crippen LogP contribution in [0.2, 0.25) is 0 Å². The standard InChI is InChI=1S/C9H22N2O2/c1-3-8(12)10-6-5-7-11-9(13)4-2/h8-13H,3-7H2,1-2H3. The molecule has 4 heteroatoms. The summed E-state index contributed by atoms with van der Waals surface area (Å²) in [5.41, 5.74) is 0. The van der Waals surface area contributed by atoms with Gasteiger partial charge in [-0.2, -0.15) is 0 Å². The summed E-state index contributed by atoms with van der Waals surface area (Å²) >= 11 is 0. The normalized spacial score (nSPS) is 15.7. The molecule has 2 unspecified atom stereocenters. The molecule has 0 radical (unpaired) electrons. The van der Waals surface area contributed by atoms with E-state index in [1.807, 2.05) is 13.8 Å². The van der Waals surface area contributed by atoms with Gasteiger partial charge in [0.15, 0.2) is 0 Å². The molecule has 0 aromatic heterocycles. The van der Waals surface area contributed by atoms with E-state index in [-0.39, 0.29) is 0 Å². The van der Waals surface area contributed by atoms with E-state index in [2.05, 4.69) is 10.6 Å². The summed E-state index contributed by atoms with van der Waals surface area (Å²) in [6, 6.07) is 0. The molecule has 0 fully saturated rings. The Hall–Kier alpha value is -0.160. The lowest BCUT2D eigenvalue weighted by Crippen LogP contribution is -2.33. The van der Waals surface area contributed by atoms with E-state index < -0.39 is 12.5 Å². The van der Waals surface area contributed by atoms with Gasteiger partial charge in [-0.1, -0.05) is 13.8 Å². The first kappa shape index (κ1) is 12.8. The van der Waals surface area contributed by atoms with Gasteiger partial charge in [0.05, 0.1) is 0 Å². The second-order valence-corrected chi connectivity index (χ2v) is 3.11. The number of rotatable bonds is 8. The zero-order chi connectivity index (χ0) is 10.1. The minimum absolute atomic E-state index is 0.393. The van der Waals surface area contributed by atoms with Gasteiger partial charge in [0, 0.05) is 0 Å². The van der Waals surface area contributed by atoms with Crippen molar-refractivity contribution in [3.05, 3.63) is 0 Å². The Kier molecular flexibility index (Phi) is 8.33. The molecule has 13 heavy (non-hydrogen) atoms. The van der Waals surface area contributed by atoms with Crippen LogP contribution in [0.25, 0.3) is 0 Å². The lowest BCUT2D eigenvalue weighted by atomic mass is 10.3. The van der Waals surface area contributed by atoms with E-state index in [4.69, 9.17) is 10.2 Å². The maximum Gasteiger partial charge on any atom is 0.104 e. The third-order valence-electron chi connectivity index (χ3n) is 1.89. The van der Waals surface area contributed by atoms with Gasteiger partial charge < -0.3 is 10.2 Å². The number of nitrogens with one attached hydrogen (secondary N) is 2. The van der Waals surface area contributed by atoms with E-state index in [9.17, 15) is 0 Å². The van der Waals surface area contributed by atoms with Crippen LogP contribution in [0.1, 0.15) is 33.1 Å². The van der Waals surface area contributed by atoms with Crippen molar-refractivity contribution in [1.29, 1.82) is 0 Å². The van der Waals surface area contributed by atoms with E-state index in [0.29, 0.717) is 0 Å². The Labute approximate surface area is 80.3 Å². The van der Waals surface area contributed by atoms with Gasteiger partial charge in [0.1, 0.15) is 12.5 Å². The van der Waals surface area contributed by atoms with Crippen molar-refractivity contribution >= 4 is 0 Å². The van der Waals surface area contributed by atoms with E-state index in [1.165, 1.54) is 0 Å².